The fourth-order valence-corrected chi connectivity index (χ4v) is 2.44. The van der Waals surface area contributed by atoms with Crippen LogP contribution in [0.1, 0.15) is 11.6 Å². The molecule has 1 aliphatic rings. The predicted molar refractivity (Wildman–Crippen MR) is 67.3 cm³/mol. The minimum absolute atomic E-state index is 0.0497. The number of piperazine rings is 1. The lowest BCUT2D eigenvalue weighted by molar-refractivity contribution is -0.118. The zero-order valence-corrected chi connectivity index (χ0v) is 10.5. The van der Waals surface area contributed by atoms with Crippen LogP contribution in [0.15, 0.2) is 24.3 Å². The van der Waals surface area contributed by atoms with Crippen LogP contribution in [-0.2, 0) is 0 Å². The van der Waals surface area contributed by atoms with E-state index < -0.39 is 18.6 Å². The van der Waals surface area contributed by atoms with Gasteiger partial charge in [-0.15, -0.1) is 0 Å². The molecule has 6 heteroatoms. The SMILES string of the molecule is OCC(F)(F)[C@@H](c1cccc(O)c1)N1CCNCC1. The molecule has 106 valence electrons. The van der Waals surface area contributed by atoms with E-state index in [1.165, 1.54) is 18.2 Å². The number of nitrogens with one attached hydrogen (secondary N) is 1. The number of benzene rings is 1. The zero-order valence-electron chi connectivity index (χ0n) is 10.5. The summed E-state index contributed by atoms with van der Waals surface area (Å²) in [5, 5.41) is 21.5. The quantitative estimate of drug-likeness (QED) is 0.764. The minimum atomic E-state index is -3.24. The Bertz CT molecular complexity index is 423. The normalized spacial score (nSPS) is 19.3. The number of phenols is 1. The smallest absolute Gasteiger partial charge is 0.289 e. The second kappa shape index (κ2) is 5.81. The number of phenolic OH excluding ortho intramolecular Hbond substituents is 1. The Morgan fingerprint density at radius 2 is 2.00 bits per heavy atom. The van der Waals surface area contributed by atoms with Crippen LogP contribution in [-0.4, -0.2) is 53.8 Å². The third-order valence-electron chi connectivity index (χ3n) is 3.31. The van der Waals surface area contributed by atoms with E-state index in [4.69, 9.17) is 5.11 Å². The fourth-order valence-electron chi connectivity index (χ4n) is 2.44. The van der Waals surface area contributed by atoms with Gasteiger partial charge in [0.15, 0.2) is 0 Å². The Kier molecular flexibility index (Phi) is 4.34. The Balaban J connectivity index is 2.33. The summed E-state index contributed by atoms with van der Waals surface area (Å²) in [6.07, 6.45) is 0. The van der Waals surface area contributed by atoms with Crippen LogP contribution in [0.25, 0.3) is 0 Å². The molecular formula is C13H18F2N2O2. The Labute approximate surface area is 110 Å². The number of rotatable bonds is 4. The second-order valence-electron chi connectivity index (χ2n) is 4.70. The van der Waals surface area contributed by atoms with Gasteiger partial charge >= 0.3 is 0 Å². The molecule has 0 saturated carbocycles. The number of aliphatic hydroxyl groups is 1. The molecule has 1 aliphatic heterocycles. The van der Waals surface area contributed by atoms with Crippen LogP contribution < -0.4 is 5.32 Å². The molecule has 2 rings (SSSR count). The van der Waals surface area contributed by atoms with E-state index >= 15 is 0 Å². The highest BCUT2D eigenvalue weighted by atomic mass is 19.3. The summed E-state index contributed by atoms with van der Waals surface area (Å²) in [4.78, 5) is 1.64. The Morgan fingerprint density at radius 3 is 2.58 bits per heavy atom. The fraction of sp³-hybridized carbons (Fsp3) is 0.538. The van der Waals surface area contributed by atoms with E-state index in [2.05, 4.69) is 5.32 Å². The zero-order chi connectivity index (χ0) is 13.9. The first-order chi connectivity index (χ1) is 9.04. The Morgan fingerprint density at radius 1 is 1.32 bits per heavy atom. The number of hydrogen-bond acceptors (Lipinski definition) is 4. The van der Waals surface area contributed by atoms with Gasteiger partial charge in [0, 0.05) is 26.2 Å². The Hall–Kier alpha value is -1.24. The third kappa shape index (κ3) is 3.20. The molecule has 0 spiro atoms. The maximum absolute atomic E-state index is 14.0. The molecule has 1 aromatic carbocycles. The van der Waals surface area contributed by atoms with Gasteiger partial charge in [0.2, 0.25) is 0 Å². The summed E-state index contributed by atoms with van der Waals surface area (Å²) < 4.78 is 28.1. The minimum Gasteiger partial charge on any atom is -0.508 e. The highest BCUT2D eigenvalue weighted by Crippen LogP contribution is 2.37. The number of nitrogens with zero attached hydrogens (tertiary/aromatic N) is 1. The maximum atomic E-state index is 14.0. The molecule has 1 saturated heterocycles. The standard InChI is InChI=1S/C13H18F2N2O2/c14-13(15,9-18)12(17-6-4-16-5-7-17)10-2-1-3-11(19)8-10/h1-3,8,12,16,18-19H,4-7,9H2/t12-/m1/s1. The maximum Gasteiger partial charge on any atom is 0.289 e. The van der Waals surface area contributed by atoms with Gasteiger partial charge in [-0.05, 0) is 17.7 Å². The first-order valence-electron chi connectivity index (χ1n) is 6.27. The first-order valence-corrected chi connectivity index (χ1v) is 6.27. The van der Waals surface area contributed by atoms with Crippen LogP contribution in [0.5, 0.6) is 5.75 Å². The van der Waals surface area contributed by atoms with Gasteiger partial charge in [0.05, 0.1) is 0 Å². The molecule has 1 atom stereocenters. The van der Waals surface area contributed by atoms with Gasteiger partial charge in [0.1, 0.15) is 18.4 Å². The van der Waals surface area contributed by atoms with Crippen molar-refractivity contribution in [2.24, 2.45) is 0 Å². The number of aliphatic hydroxyl groups excluding tert-OH is 1. The van der Waals surface area contributed by atoms with Gasteiger partial charge in [-0.2, -0.15) is 0 Å². The van der Waals surface area contributed by atoms with Crippen LogP contribution in [0.4, 0.5) is 8.78 Å². The molecule has 1 fully saturated rings. The lowest BCUT2D eigenvalue weighted by Crippen LogP contribution is -2.51. The summed E-state index contributed by atoms with van der Waals surface area (Å²) in [7, 11) is 0. The summed E-state index contributed by atoms with van der Waals surface area (Å²) in [6.45, 7) is 1.02. The van der Waals surface area contributed by atoms with Gasteiger partial charge in [-0.3, -0.25) is 4.90 Å². The summed E-state index contributed by atoms with van der Waals surface area (Å²) in [5.41, 5.74) is 0.320. The monoisotopic (exact) mass is 272 g/mol. The van der Waals surface area contributed by atoms with Gasteiger partial charge in [0.25, 0.3) is 5.92 Å². The van der Waals surface area contributed by atoms with Crippen LogP contribution >= 0.6 is 0 Å². The van der Waals surface area contributed by atoms with E-state index in [1.807, 2.05) is 0 Å². The van der Waals surface area contributed by atoms with Gasteiger partial charge < -0.3 is 15.5 Å². The largest absolute Gasteiger partial charge is 0.508 e. The molecule has 0 aromatic heterocycles. The van der Waals surface area contributed by atoms with Crippen molar-refractivity contribution >= 4 is 0 Å². The molecule has 4 nitrogen and oxygen atoms in total. The molecule has 1 heterocycles. The van der Waals surface area contributed by atoms with Crippen LogP contribution in [0.3, 0.4) is 0 Å². The highest BCUT2D eigenvalue weighted by Gasteiger charge is 2.44. The number of alkyl halides is 2. The van der Waals surface area contributed by atoms with Crippen molar-refractivity contribution in [1.29, 1.82) is 0 Å². The highest BCUT2D eigenvalue weighted by molar-refractivity contribution is 5.31. The topological polar surface area (TPSA) is 55.7 Å². The number of aromatic hydroxyl groups is 1. The van der Waals surface area contributed by atoms with Crippen molar-refractivity contribution < 1.29 is 19.0 Å². The molecular weight excluding hydrogens is 254 g/mol. The molecule has 0 bridgehead atoms. The van der Waals surface area contributed by atoms with E-state index in [1.54, 1.807) is 11.0 Å². The van der Waals surface area contributed by atoms with E-state index in [9.17, 15) is 13.9 Å². The van der Waals surface area contributed by atoms with Crippen molar-refractivity contribution in [2.75, 3.05) is 32.8 Å². The van der Waals surface area contributed by atoms with Crippen LogP contribution in [0.2, 0.25) is 0 Å². The molecule has 0 aliphatic carbocycles. The molecule has 1 aromatic rings. The van der Waals surface area contributed by atoms with Gasteiger partial charge in [-0.25, -0.2) is 8.78 Å². The average molecular weight is 272 g/mol. The second-order valence-corrected chi connectivity index (χ2v) is 4.70. The number of hydrogen-bond donors (Lipinski definition) is 3. The molecule has 0 radical (unpaired) electrons. The number of halogens is 2. The average Bonchev–Trinajstić information content (AvgIpc) is 2.40. The van der Waals surface area contributed by atoms with Crippen molar-refractivity contribution in [1.82, 2.24) is 10.2 Å². The summed E-state index contributed by atoms with van der Waals surface area (Å²) in [5.74, 6) is -3.29. The molecule has 3 N–H and O–H groups in total. The van der Waals surface area contributed by atoms with Crippen molar-refractivity contribution in [3.05, 3.63) is 29.8 Å². The molecule has 0 unspecified atom stereocenters. The lowest BCUT2D eigenvalue weighted by atomic mass is 9.98. The van der Waals surface area contributed by atoms with E-state index in [-0.39, 0.29) is 5.75 Å². The van der Waals surface area contributed by atoms with E-state index in [0.29, 0.717) is 31.7 Å². The molecule has 0 amide bonds. The lowest BCUT2D eigenvalue weighted by Gasteiger charge is -2.38. The van der Waals surface area contributed by atoms with E-state index in [0.717, 1.165) is 0 Å². The summed E-state index contributed by atoms with van der Waals surface area (Å²) >= 11 is 0. The van der Waals surface area contributed by atoms with Gasteiger partial charge in [-0.1, -0.05) is 12.1 Å². The predicted octanol–water partition coefficient (Wildman–Crippen LogP) is 0.966. The van der Waals surface area contributed by atoms with Crippen molar-refractivity contribution in [3.8, 4) is 5.75 Å². The van der Waals surface area contributed by atoms with Crippen molar-refractivity contribution in [2.45, 2.75) is 12.0 Å². The third-order valence-corrected chi connectivity index (χ3v) is 3.31. The first kappa shape index (κ1) is 14.2. The van der Waals surface area contributed by atoms with Crippen molar-refractivity contribution in [3.63, 3.8) is 0 Å². The molecule has 19 heavy (non-hydrogen) atoms. The van der Waals surface area contributed by atoms with Crippen LogP contribution in [0, 0.1) is 0 Å². The summed E-state index contributed by atoms with van der Waals surface area (Å²) in [6, 6.07) is 4.64.